The Labute approximate surface area is 117 Å². The normalized spacial score (nSPS) is 11.7. The second kappa shape index (κ2) is 4.76. The summed E-state index contributed by atoms with van der Waals surface area (Å²) in [6, 6.07) is 0. The van der Waals surface area contributed by atoms with Gasteiger partial charge in [0.05, 0.1) is 18.1 Å². The molecule has 0 spiro atoms. The van der Waals surface area contributed by atoms with Gasteiger partial charge in [0.15, 0.2) is 5.65 Å². The first-order valence-corrected chi connectivity index (χ1v) is 6.19. The Bertz CT molecular complexity index is 862. The maximum Gasteiger partial charge on any atom is 0.334 e. The van der Waals surface area contributed by atoms with Crippen molar-refractivity contribution in [3.8, 4) is 5.69 Å². The largest absolute Gasteiger partial charge is 0.334 e. The van der Waals surface area contributed by atoms with E-state index in [4.69, 9.17) is 0 Å². The van der Waals surface area contributed by atoms with E-state index in [2.05, 4.69) is 15.1 Å². The lowest BCUT2D eigenvalue weighted by Crippen LogP contribution is -2.20. The monoisotopic (exact) mass is 294 g/mol. The van der Waals surface area contributed by atoms with Crippen molar-refractivity contribution in [3.05, 3.63) is 34.9 Å². The van der Waals surface area contributed by atoms with Gasteiger partial charge in [-0.05, 0) is 6.92 Å². The highest BCUT2D eigenvalue weighted by Crippen LogP contribution is 2.14. The number of rotatable bonds is 3. The Morgan fingerprint density at radius 1 is 1.33 bits per heavy atom. The van der Waals surface area contributed by atoms with E-state index in [1.807, 2.05) is 0 Å². The van der Waals surface area contributed by atoms with E-state index in [1.165, 1.54) is 21.5 Å². The minimum absolute atomic E-state index is 0.332. The van der Waals surface area contributed by atoms with E-state index >= 15 is 0 Å². The number of halogens is 2. The molecule has 0 saturated carbocycles. The zero-order valence-electron chi connectivity index (χ0n) is 11.4. The summed E-state index contributed by atoms with van der Waals surface area (Å²) in [5, 5.41) is 3.84. The Morgan fingerprint density at radius 3 is 2.81 bits per heavy atom. The number of fused-ring (bicyclic) bond motifs is 1. The molecule has 3 aromatic heterocycles. The second-order valence-electron chi connectivity index (χ2n) is 4.61. The van der Waals surface area contributed by atoms with Crippen molar-refractivity contribution in [2.45, 2.75) is 19.9 Å². The van der Waals surface area contributed by atoms with Gasteiger partial charge in [0.25, 0.3) is 6.43 Å². The van der Waals surface area contributed by atoms with Crippen molar-refractivity contribution in [2.75, 3.05) is 0 Å². The van der Waals surface area contributed by atoms with Crippen molar-refractivity contribution < 1.29 is 8.78 Å². The summed E-state index contributed by atoms with van der Waals surface area (Å²) in [7, 11) is 1.60. The summed E-state index contributed by atoms with van der Waals surface area (Å²) in [6.45, 7) is 1.19. The fourth-order valence-electron chi connectivity index (χ4n) is 2.14. The zero-order valence-corrected chi connectivity index (χ0v) is 11.4. The van der Waals surface area contributed by atoms with Crippen molar-refractivity contribution in [2.24, 2.45) is 7.05 Å². The number of hydrogen-bond donors (Lipinski definition) is 0. The lowest BCUT2D eigenvalue weighted by Gasteiger charge is -1.99. The molecule has 0 radical (unpaired) electrons. The molecule has 0 unspecified atom stereocenters. The maximum atomic E-state index is 12.4. The van der Waals surface area contributed by atoms with E-state index < -0.39 is 13.0 Å². The lowest BCUT2D eigenvalue weighted by atomic mass is 10.5. The van der Waals surface area contributed by atoms with Gasteiger partial charge < -0.3 is 0 Å². The molecule has 0 aliphatic carbocycles. The molecule has 0 aliphatic rings. The van der Waals surface area contributed by atoms with Crippen LogP contribution in [0.2, 0.25) is 0 Å². The van der Waals surface area contributed by atoms with Gasteiger partial charge >= 0.3 is 5.69 Å². The van der Waals surface area contributed by atoms with Crippen molar-refractivity contribution >= 4 is 11.2 Å². The van der Waals surface area contributed by atoms with E-state index in [0.29, 0.717) is 22.7 Å². The standard InChI is InChI=1S/C12H12F2N6O/c1-7-15-4-9-11(17-7)20(12(21)18(9)2)8-3-16-19(5-8)6-10(13)14/h3-5,10H,6H2,1-2H3. The Morgan fingerprint density at radius 2 is 2.10 bits per heavy atom. The van der Waals surface area contributed by atoms with E-state index in [0.717, 1.165) is 4.68 Å². The second-order valence-corrected chi connectivity index (χ2v) is 4.61. The van der Waals surface area contributed by atoms with E-state index in [-0.39, 0.29) is 5.69 Å². The van der Waals surface area contributed by atoms with Gasteiger partial charge in [-0.2, -0.15) is 5.10 Å². The summed E-state index contributed by atoms with van der Waals surface area (Å²) in [5.41, 5.74) is 1.05. The minimum Gasteiger partial charge on any atom is -0.292 e. The van der Waals surface area contributed by atoms with Gasteiger partial charge in [0.2, 0.25) is 0 Å². The topological polar surface area (TPSA) is 70.5 Å². The molecule has 0 aliphatic heterocycles. The predicted molar refractivity (Wildman–Crippen MR) is 70.6 cm³/mol. The van der Waals surface area contributed by atoms with Crippen LogP contribution in [0.4, 0.5) is 8.78 Å². The molecular formula is C12H12F2N6O. The highest BCUT2D eigenvalue weighted by Gasteiger charge is 2.16. The molecule has 0 atom stereocenters. The van der Waals surface area contributed by atoms with Gasteiger partial charge in [-0.3, -0.25) is 9.25 Å². The van der Waals surface area contributed by atoms with Crippen LogP contribution in [0.25, 0.3) is 16.9 Å². The van der Waals surface area contributed by atoms with Crippen LogP contribution in [0.1, 0.15) is 5.82 Å². The van der Waals surface area contributed by atoms with Gasteiger partial charge in [0, 0.05) is 13.2 Å². The Balaban J connectivity index is 2.20. The molecule has 0 amide bonds. The van der Waals surface area contributed by atoms with Crippen molar-refractivity contribution in [1.82, 2.24) is 28.9 Å². The first kappa shape index (κ1) is 13.4. The molecule has 110 valence electrons. The molecule has 3 heterocycles. The van der Waals surface area contributed by atoms with Crippen LogP contribution in [0, 0.1) is 6.92 Å². The SMILES string of the molecule is Cc1ncc2c(n1)n(-c1cnn(CC(F)F)c1)c(=O)n2C. The molecule has 0 saturated heterocycles. The quantitative estimate of drug-likeness (QED) is 0.719. The number of aromatic nitrogens is 6. The van der Waals surface area contributed by atoms with Crippen LogP contribution >= 0.6 is 0 Å². The molecule has 0 aromatic carbocycles. The number of aryl methyl sites for hydroxylation is 2. The smallest absolute Gasteiger partial charge is 0.292 e. The highest BCUT2D eigenvalue weighted by molar-refractivity contribution is 5.72. The third-order valence-corrected chi connectivity index (χ3v) is 3.12. The molecule has 0 bridgehead atoms. The molecule has 9 heteroatoms. The molecule has 21 heavy (non-hydrogen) atoms. The summed E-state index contributed by atoms with van der Waals surface area (Å²) in [6.07, 6.45) is 1.80. The fraction of sp³-hybridized carbons (Fsp3) is 0.333. The number of nitrogens with zero attached hydrogens (tertiary/aromatic N) is 6. The first-order chi connectivity index (χ1) is 9.97. The lowest BCUT2D eigenvalue weighted by molar-refractivity contribution is 0.122. The molecule has 3 rings (SSSR count). The van der Waals surface area contributed by atoms with E-state index in [9.17, 15) is 13.6 Å². The van der Waals surface area contributed by atoms with Crippen LogP contribution in [-0.2, 0) is 13.6 Å². The Hall–Kier alpha value is -2.58. The zero-order chi connectivity index (χ0) is 15.1. The average Bonchev–Trinajstić information content (AvgIpc) is 2.94. The van der Waals surface area contributed by atoms with Crippen molar-refractivity contribution in [3.63, 3.8) is 0 Å². The van der Waals surface area contributed by atoms with Crippen LogP contribution < -0.4 is 5.69 Å². The number of imidazole rings is 1. The molecule has 0 fully saturated rings. The number of hydrogen-bond acceptors (Lipinski definition) is 4. The summed E-state index contributed by atoms with van der Waals surface area (Å²) < 4.78 is 28.6. The average molecular weight is 294 g/mol. The van der Waals surface area contributed by atoms with Gasteiger partial charge in [-0.1, -0.05) is 0 Å². The van der Waals surface area contributed by atoms with Gasteiger partial charge in [-0.15, -0.1) is 0 Å². The summed E-state index contributed by atoms with van der Waals surface area (Å²) in [4.78, 5) is 20.6. The van der Waals surface area contributed by atoms with Gasteiger partial charge in [-0.25, -0.2) is 28.1 Å². The van der Waals surface area contributed by atoms with Crippen molar-refractivity contribution in [1.29, 1.82) is 0 Å². The highest BCUT2D eigenvalue weighted by atomic mass is 19.3. The first-order valence-electron chi connectivity index (χ1n) is 6.19. The van der Waals surface area contributed by atoms with Gasteiger partial charge in [0.1, 0.15) is 17.9 Å². The summed E-state index contributed by atoms with van der Waals surface area (Å²) in [5.74, 6) is 0.516. The Kier molecular flexibility index (Phi) is 3.04. The van der Waals surface area contributed by atoms with Crippen LogP contribution in [0.3, 0.4) is 0 Å². The van der Waals surface area contributed by atoms with E-state index in [1.54, 1.807) is 20.2 Å². The number of alkyl halides is 2. The minimum atomic E-state index is -2.51. The van der Waals surface area contributed by atoms with Crippen LogP contribution in [-0.4, -0.2) is 35.3 Å². The molecular weight excluding hydrogens is 282 g/mol. The third kappa shape index (κ3) is 2.20. The fourth-order valence-corrected chi connectivity index (χ4v) is 2.14. The maximum absolute atomic E-state index is 12.4. The molecule has 3 aromatic rings. The third-order valence-electron chi connectivity index (χ3n) is 3.12. The van der Waals surface area contributed by atoms with Crippen LogP contribution in [0.5, 0.6) is 0 Å². The van der Waals surface area contributed by atoms with Crippen LogP contribution in [0.15, 0.2) is 23.4 Å². The molecule has 0 N–H and O–H groups in total. The summed E-state index contributed by atoms with van der Waals surface area (Å²) >= 11 is 0. The predicted octanol–water partition coefficient (Wildman–Crippen LogP) is 0.889. The molecule has 7 nitrogen and oxygen atoms in total.